The minimum atomic E-state index is 0.946. The smallest absolute Gasteiger partial charge is 0.0550 e. The Balaban J connectivity index is 3.79. The van der Waals surface area contributed by atoms with Crippen molar-refractivity contribution >= 4 is 58.8 Å². The molecule has 0 N–H and O–H groups in total. The minimum absolute atomic E-state index is 0.946. The van der Waals surface area contributed by atoms with Crippen molar-refractivity contribution in [3.8, 4) is 5.92 Å². The van der Waals surface area contributed by atoms with Gasteiger partial charge in [-0.2, -0.15) is 0 Å². The van der Waals surface area contributed by atoms with E-state index in [-0.39, 0.29) is 0 Å². The van der Waals surface area contributed by atoms with Gasteiger partial charge in [-0.25, -0.2) is 0 Å². The van der Waals surface area contributed by atoms with E-state index in [4.69, 9.17) is 6.42 Å². The predicted octanol–water partition coefficient (Wildman–Crippen LogP) is 5.23. The lowest BCUT2D eigenvalue weighted by atomic mass is 10.2. The number of benzene rings is 1. The number of rotatable bonds is 5. The first kappa shape index (κ1) is 16.6. The number of hydrogen-bond donors (Lipinski definition) is 0. The Labute approximate surface area is 132 Å². The van der Waals surface area contributed by atoms with Crippen LogP contribution in [0.1, 0.15) is 5.56 Å². The van der Waals surface area contributed by atoms with E-state index in [9.17, 15) is 0 Å². The summed E-state index contributed by atoms with van der Waals surface area (Å²) >= 11 is 8.74. The minimum Gasteiger partial charge on any atom is -0.127 e. The van der Waals surface area contributed by atoms with E-state index in [2.05, 4.69) is 37.2 Å². The van der Waals surface area contributed by atoms with Crippen LogP contribution in [0, 0.1) is 12.3 Å². The van der Waals surface area contributed by atoms with Crippen LogP contribution in [0.25, 0.3) is 0 Å². The molecular formula is C13H15S5. The van der Waals surface area contributed by atoms with Gasteiger partial charge in [0.25, 0.3) is 0 Å². The molecule has 0 bridgehead atoms. The van der Waals surface area contributed by atoms with Crippen LogP contribution in [0.15, 0.2) is 24.5 Å². The van der Waals surface area contributed by atoms with Gasteiger partial charge in [-0.05, 0) is 37.7 Å². The first-order valence-corrected chi connectivity index (χ1v) is 11.2. The van der Waals surface area contributed by atoms with Crippen molar-refractivity contribution < 1.29 is 0 Å². The highest BCUT2D eigenvalue weighted by atomic mass is 32.2. The molecule has 0 aliphatic heterocycles. The highest BCUT2D eigenvalue weighted by Crippen LogP contribution is 2.48. The average molecular weight is 332 g/mol. The fraction of sp³-hybridized carbons (Fsp3) is 0.385. The molecule has 1 radical (unpaired) electrons. The zero-order chi connectivity index (χ0) is 13.7. The van der Waals surface area contributed by atoms with Gasteiger partial charge < -0.3 is 0 Å². The van der Waals surface area contributed by atoms with Gasteiger partial charge in [0.05, 0.1) is 5.56 Å². The SMILES string of the molecule is [C]#Cc1c(SC)c(SC)c(SC)c(SC)c1SC. The molecule has 97 valence electrons. The maximum atomic E-state index is 7.60. The quantitative estimate of drug-likeness (QED) is 0.533. The monoisotopic (exact) mass is 331 g/mol. The summed E-state index contributed by atoms with van der Waals surface area (Å²) in [6, 6.07) is 0. The molecule has 18 heavy (non-hydrogen) atoms. The van der Waals surface area contributed by atoms with Crippen LogP contribution in [-0.4, -0.2) is 31.3 Å². The van der Waals surface area contributed by atoms with Crippen LogP contribution >= 0.6 is 58.8 Å². The van der Waals surface area contributed by atoms with Gasteiger partial charge in [-0.1, -0.05) is 5.92 Å². The first-order chi connectivity index (χ1) is 8.69. The second-order valence-corrected chi connectivity index (χ2v) is 7.25. The fourth-order valence-corrected chi connectivity index (χ4v) is 6.97. The highest BCUT2D eigenvalue weighted by molar-refractivity contribution is 8.04. The summed E-state index contributed by atoms with van der Waals surface area (Å²) in [7, 11) is 0. The highest BCUT2D eigenvalue weighted by Gasteiger charge is 2.21. The van der Waals surface area contributed by atoms with Crippen LogP contribution in [0.2, 0.25) is 0 Å². The lowest BCUT2D eigenvalue weighted by molar-refractivity contribution is 0.953. The Morgan fingerprint density at radius 3 is 1.11 bits per heavy atom. The zero-order valence-corrected chi connectivity index (χ0v) is 15.1. The van der Waals surface area contributed by atoms with E-state index < -0.39 is 0 Å². The van der Waals surface area contributed by atoms with Gasteiger partial charge in [0, 0.05) is 24.5 Å². The molecule has 0 saturated heterocycles. The Bertz CT molecular complexity index is 440. The van der Waals surface area contributed by atoms with Crippen molar-refractivity contribution in [2.45, 2.75) is 24.5 Å². The molecule has 0 aromatic heterocycles. The average Bonchev–Trinajstić information content (AvgIpc) is 2.43. The summed E-state index contributed by atoms with van der Waals surface area (Å²) in [5.74, 6) is 2.64. The molecule has 5 heteroatoms. The maximum Gasteiger partial charge on any atom is 0.0550 e. The van der Waals surface area contributed by atoms with E-state index in [1.165, 1.54) is 24.5 Å². The molecule has 0 unspecified atom stereocenters. The summed E-state index contributed by atoms with van der Waals surface area (Å²) in [5, 5.41) is 0. The molecule has 0 aliphatic rings. The van der Waals surface area contributed by atoms with Crippen LogP contribution in [0.5, 0.6) is 0 Å². The number of thioether (sulfide) groups is 5. The molecule has 0 atom stereocenters. The molecule has 1 rings (SSSR count). The van der Waals surface area contributed by atoms with Crippen molar-refractivity contribution in [3.05, 3.63) is 12.0 Å². The third kappa shape index (κ3) is 2.99. The summed E-state index contributed by atoms with van der Waals surface area (Å²) in [5.41, 5.74) is 0.946. The molecular weight excluding hydrogens is 316 g/mol. The normalized spacial score (nSPS) is 10.4. The van der Waals surface area contributed by atoms with Crippen molar-refractivity contribution in [3.63, 3.8) is 0 Å². The second kappa shape index (κ2) is 7.96. The van der Waals surface area contributed by atoms with E-state index in [1.807, 2.05) is 0 Å². The standard InChI is InChI=1S/C13H15S5/c1-7-8-9(14-2)11(16-4)13(18-6)12(17-5)10(8)15-3/h2-6H3. The third-order valence-electron chi connectivity index (χ3n) is 2.42. The second-order valence-electron chi connectivity index (χ2n) is 3.17. The van der Waals surface area contributed by atoms with Gasteiger partial charge in [-0.15, -0.1) is 58.8 Å². The Morgan fingerprint density at radius 2 is 0.889 bits per heavy atom. The molecule has 0 aliphatic carbocycles. The maximum absolute atomic E-state index is 7.60. The summed E-state index contributed by atoms with van der Waals surface area (Å²) in [6.45, 7) is 0. The molecule has 1 aromatic rings. The van der Waals surface area contributed by atoms with Crippen LogP contribution in [-0.2, 0) is 0 Å². The van der Waals surface area contributed by atoms with Crippen molar-refractivity contribution in [2.24, 2.45) is 0 Å². The Hall–Kier alpha value is 0.530. The van der Waals surface area contributed by atoms with Crippen LogP contribution in [0.3, 0.4) is 0 Å². The molecule has 1 aromatic carbocycles. The van der Waals surface area contributed by atoms with Crippen molar-refractivity contribution in [1.82, 2.24) is 0 Å². The lowest BCUT2D eigenvalue weighted by Gasteiger charge is -2.19. The molecule has 0 saturated carbocycles. The number of hydrogen-bond acceptors (Lipinski definition) is 5. The molecule has 0 heterocycles. The van der Waals surface area contributed by atoms with Gasteiger partial charge in [0.2, 0.25) is 0 Å². The Morgan fingerprint density at radius 1 is 0.611 bits per heavy atom. The first-order valence-electron chi connectivity index (χ1n) is 5.06. The largest absolute Gasteiger partial charge is 0.127 e. The summed E-state index contributed by atoms with van der Waals surface area (Å²) in [4.78, 5) is 6.27. The van der Waals surface area contributed by atoms with Crippen LogP contribution < -0.4 is 0 Å². The topological polar surface area (TPSA) is 0 Å². The third-order valence-corrected chi connectivity index (χ3v) is 7.02. The van der Waals surface area contributed by atoms with E-state index in [0.29, 0.717) is 0 Å². The summed E-state index contributed by atoms with van der Waals surface area (Å²) in [6.07, 6.45) is 18.1. The molecule has 0 amide bonds. The van der Waals surface area contributed by atoms with Crippen LogP contribution in [0.4, 0.5) is 0 Å². The predicted molar refractivity (Wildman–Crippen MR) is 91.6 cm³/mol. The van der Waals surface area contributed by atoms with Gasteiger partial charge in [0.1, 0.15) is 0 Å². The zero-order valence-electron chi connectivity index (χ0n) is 11.0. The molecule has 0 fully saturated rings. The molecule has 0 nitrogen and oxygen atoms in total. The van der Waals surface area contributed by atoms with Gasteiger partial charge >= 0.3 is 0 Å². The van der Waals surface area contributed by atoms with Crippen molar-refractivity contribution in [1.29, 1.82) is 0 Å². The Kier molecular flexibility index (Phi) is 7.33. The summed E-state index contributed by atoms with van der Waals surface area (Å²) < 4.78 is 0. The van der Waals surface area contributed by atoms with Crippen molar-refractivity contribution in [2.75, 3.05) is 31.3 Å². The van der Waals surface area contributed by atoms with E-state index >= 15 is 0 Å². The van der Waals surface area contributed by atoms with E-state index in [0.717, 1.165) is 5.56 Å². The lowest BCUT2D eigenvalue weighted by Crippen LogP contribution is -1.96. The van der Waals surface area contributed by atoms with Gasteiger partial charge in [-0.3, -0.25) is 0 Å². The van der Waals surface area contributed by atoms with E-state index in [1.54, 1.807) is 58.8 Å². The fourth-order valence-electron chi connectivity index (χ4n) is 1.70. The van der Waals surface area contributed by atoms with Gasteiger partial charge in [0.15, 0.2) is 0 Å². The molecule has 0 spiro atoms.